The molecular formula is C18H21BrClN. The summed E-state index contributed by atoms with van der Waals surface area (Å²) < 4.78 is 0.931. The molecule has 0 heterocycles. The molecule has 0 aliphatic heterocycles. The lowest BCUT2D eigenvalue weighted by Gasteiger charge is -2.22. The van der Waals surface area contributed by atoms with Crippen LogP contribution in [0.4, 0.5) is 0 Å². The van der Waals surface area contributed by atoms with Gasteiger partial charge in [0.2, 0.25) is 0 Å². The second-order valence-corrected chi connectivity index (χ2v) is 6.72. The van der Waals surface area contributed by atoms with E-state index in [0.29, 0.717) is 0 Å². The van der Waals surface area contributed by atoms with Gasteiger partial charge in [0.05, 0.1) is 11.1 Å². The summed E-state index contributed by atoms with van der Waals surface area (Å²) in [5.74, 6) is 0. The lowest BCUT2D eigenvalue weighted by Crippen LogP contribution is -2.23. The summed E-state index contributed by atoms with van der Waals surface area (Å²) in [6.07, 6.45) is 0. The molecule has 0 amide bonds. The van der Waals surface area contributed by atoms with Gasteiger partial charge in [-0.05, 0) is 83.2 Å². The standard InChI is InChI=1S/C18H21BrClN/c1-5-21-18(14-6-7-16(19)17(20)10-14)15-9-12(3)11(2)8-13(15)4/h6-10,18,21H,5H2,1-4H3. The first kappa shape index (κ1) is 16.5. The molecule has 0 aliphatic carbocycles. The molecule has 0 bridgehead atoms. The van der Waals surface area contributed by atoms with Gasteiger partial charge in [-0.2, -0.15) is 0 Å². The van der Waals surface area contributed by atoms with E-state index in [9.17, 15) is 0 Å². The Morgan fingerprint density at radius 3 is 2.33 bits per heavy atom. The topological polar surface area (TPSA) is 12.0 Å². The summed E-state index contributed by atoms with van der Waals surface area (Å²) in [6.45, 7) is 9.53. The predicted molar refractivity (Wildman–Crippen MR) is 95.3 cm³/mol. The average Bonchev–Trinajstić information content (AvgIpc) is 2.44. The van der Waals surface area contributed by atoms with Gasteiger partial charge in [0, 0.05) is 4.47 Å². The second kappa shape index (κ2) is 6.95. The smallest absolute Gasteiger partial charge is 0.0579 e. The van der Waals surface area contributed by atoms with Gasteiger partial charge in [0.25, 0.3) is 0 Å². The van der Waals surface area contributed by atoms with Crippen molar-refractivity contribution in [1.29, 1.82) is 0 Å². The third kappa shape index (κ3) is 3.68. The highest BCUT2D eigenvalue weighted by Crippen LogP contribution is 2.31. The van der Waals surface area contributed by atoms with Crippen LogP contribution in [0.15, 0.2) is 34.8 Å². The summed E-state index contributed by atoms with van der Waals surface area (Å²) in [6, 6.07) is 10.9. The number of nitrogens with one attached hydrogen (secondary N) is 1. The van der Waals surface area contributed by atoms with E-state index in [0.717, 1.165) is 16.0 Å². The van der Waals surface area contributed by atoms with Gasteiger partial charge in [0.1, 0.15) is 0 Å². The summed E-state index contributed by atoms with van der Waals surface area (Å²) in [7, 11) is 0. The zero-order valence-electron chi connectivity index (χ0n) is 12.9. The highest BCUT2D eigenvalue weighted by molar-refractivity contribution is 9.10. The van der Waals surface area contributed by atoms with Crippen LogP contribution in [-0.2, 0) is 0 Å². The minimum Gasteiger partial charge on any atom is -0.307 e. The minimum absolute atomic E-state index is 0.167. The summed E-state index contributed by atoms with van der Waals surface area (Å²) in [4.78, 5) is 0. The van der Waals surface area contributed by atoms with E-state index in [2.05, 4.69) is 67.1 Å². The second-order valence-electron chi connectivity index (χ2n) is 5.46. The van der Waals surface area contributed by atoms with Crippen LogP contribution in [0.3, 0.4) is 0 Å². The van der Waals surface area contributed by atoms with Crippen LogP contribution in [0.2, 0.25) is 5.02 Å². The van der Waals surface area contributed by atoms with E-state index in [1.54, 1.807) is 0 Å². The number of aryl methyl sites for hydroxylation is 3. The Morgan fingerprint density at radius 2 is 1.71 bits per heavy atom. The van der Waals surface area contributed by atoms with E-state index in [1.807, 2.05) is 12.1 Å². The maximum atomic E-state index is 6.27. The third-order valence-corrected chi connectivity index (χ3v) is 5.11. The quantitative estimate of drug-likeness (QED) is 0.729. The fraction of sp³-hybridized carbons (Fsp3) is 0.333. The summed E-state index contributed by atoms with van der Waals surface area (Å²) in [5.41, 5.74) is 6.47. The molecule has 0 aliphatic rings. The summed E-state index contributed by atoms with van der Waals surface area (Å²) >= 11 is 9.72. The first-order chi connectivity index (χ1) is 9.93. The average molecular weight is 367 g/mol. The molecule has 2 aromatic carbocycles. The molecule has 21 heavy (non-hydrogen) atoms. The van der Waals surface area contributed by atoms with Crippen molar-refractivity contribution in [2.24, 2.45) is 0 Å². The van der Waals surface area contributed by atoms with Crippen molar-refractivity contribution in [2.45, 2.75) is 33.7 Å². The Hall–Kier alpha value is -0.830. The maximum absolute atomic E-state index is 6.27. The van der Waals surface area contributed by atoms with Gasteiger partial charge < -0.3 is 5.32 Å². The lowest BCUT2D eigenvalue weighted by atomic mass is 9.91. The lowest BCUT2D eigenvalue weighted by molar-refractivity contribution is 0.627. The SMILES string of the molecule is CCNC(c1ccc(Br)c(Cl)c1)c1cc(C)c(C)cc1C. The minimum atomic E-state index is 0.167. The number of rotatable bonds is 4. The molecule has 0 fully saturated rings. The molecule has 1 atom stereocenters. The third-order valence-electron chi connectivity index (χ3n) is 3.88. The number of hydrogen-bond acceptors (Lipinski definition) is 1. The zero-order valence-corrected chi connectivity index (χ0v) is 15.3. The fourth-order valence-electron chi connectivity index (χ4n) is 2.60. The van der Waals surface area contributed by atoms with Crippen molar-refractivity contribution in [3.8, 4) is 0 Å². The normalized spacial score (nSPS) is 12.5. The van der Waals surface area contributed by atoms with Gasteiger partial charge in [-0.1, -0.05) is 36.7 Å². The number of halogens is 2. The monoisotopic (exact) mass is 365 g/mol. The van der Waals surface area contributed by atoms with Crippen molar-refractivity contribution in [1.82, 2.24) is 5.32 Å². The molecule has 112 valence electrons. The van der Waals surface area contributed by atoms with Gasteiger partial charge in [-0.3, -0.25) is 0 Å². The molecule has 0 aromatic heterocycles. The molecular weight excluding hydrogens is 346 g/mol. The number of benzene rings is 2. The van der Waals surface area contributed by atoms with Crippen LogP contribution in [0.1, 0.15) is 40.8 Å². The van der Waals surface area contributed by atoms with Crippen molar-refractivity contribution in [3.05, 3.63) is 67.6 Å². The molecule has 0 radical (unpaired) electrons. The molecule has 2 aromatic rings. The largest absolute Gasteiger partial charge is 0.307 e. The van der Waals surface area contributed by atoms with Gasteiger partial charge in [-0.25, -0.2) is 0 Å². The highest BCUT2D eigenvalue weighted by atomic mass is 79.9. The molecule has 1 N–H and O–H groups in total. The van der Waals surface area contributed by atoms with E-state index in [-0.39, 0.29) is 6.04 Å². The number of hydrogen-bond donors (Lipinski definition) is 1. The maximum Gasteiger partial charge on any atom is 0.0579 e. The van der Waals surface area contributed by atoms with E-state index in [1.165, 1.54) is 27.8 Å². The van der Waals surface area contributed by atoms with Crippen molar-refractivity contribution in [2.75, 3.05) is 6.54 Å². The molecule has 0 saturated carbocycles. The fourth-order valence-corrected chi connectivity index (χ4v) is 3.03. The first-order valence-electron chi connectivity index (χ1n) is 7.20. The van der Waals surface area contributed by atoms with Crippen LogP contribution in [0.25, 0.3) is 0 Å². The van der Waals surface area contributed by atoms with Crippen molar-refractivity contribution in [3.63, 3.8) is 0 Å². The van der Waals surface area contributed by atoms with Gasteiger partial charge in [-0.15, -0.1) is 0 Å². The zero-order chi connectivity index (χ0) is 15.6. The van der Waals surface area contributed by atoms with Gasteiger partial charge in [0.15, 0.2) is 0 Å². The highest BCUT2D eigenvalue weighted by Gasteiger charge is 2.17. The summed E-state index contributed by atoms with van der Waals surface area (Å²) in [5, 5.41) is 4.32. The predicted octanol–water partition coefficient (Wildman–Crippen LogP) is 5.73. The molecule has 3 heteroatoms. The van der Waals surface area contributed by atoms with Crippen molar-refractivity contribution >= 4 is 27.5 Å². The Labute approximate surface area is 140 Å². The van der Waals surface area contributed by atoms with Crippen molar-refractivity contribution < 1.29 is 0 Å². The molecule has 0 spiro atoms. The van der Waals surface area contributed by atoms with Gasteiger partial charge >= 0.3 is 0 Å². The Balaban J connectivity index is 2.52. The van der Waals surface area contributed by atoms with Crippen LogP contribution >= 0.6 is 27.5 Å². The van der Waals surface area contributed by atoms with E-state index < -0.39 is 0 Å². The van der Waals surface area contributed by atoms with E-state index >= 15 is 0 Å². The van der Waals surface area contributed by atoms with Crippen LogP contribution < -0.4 is 5.32 Å². The Morgan fingerprint density at radius 1 is 1.05 bits per heavy atom. The van der Waals surface area contributed by atoms with Crippen LogP contribution in [0.5, 0.6) is 0 Å². The van der Waals surface area contributed by atoms with Crippen LogP contribution in [0, 0.1) is 20.8 Å². The molecule has 0 saturated heterocycles. The molecule has 1 unspecified atom stereocenters. The van der Waals surface area contributed by atoms with Crippen LogP contribution in [-0.4, -0.2) is 6.54 Å². The first-order valence-corrected chi connectivity index (χ1v) is 8.37. The molecule has 1 nitrogen and oxygen atoms in total. The Bertz CT molecular complexity index is 652. The van der Waals surface area contributed by atoms with E-state index in [4.69, 9.17) is 11.6 Å². The Kier molecular flexibility index (Phi) is 5.48. The molecule has 2 rings (SSSR count).